The zero-order valence-corrected chi connectivity index (χ0v) is 11.1. The first kappa shape index (κ1) is 12.4. The molecule has 2 aromatic rings. The van der Waals surface area contributed by atoms with Gasteiger partial charge in [0.05, 0.1) is 12.1 Å². The van der Waals surface area contributed by atoms with E-state index in [4.69, 9.17) is 4.74 Å². The zero-order valence-electron chi connectivity index (χ0n) is 11.1. The van der Waals surface area contributed by atoms with E-state index >= 15 is 0 Å². The van der Waals surface area contributed by atoms with E-state index in [-0.39, 0.29) is 0 Å². The van der Waals surface area contributed by atoms with Crippen molar-refractivity contribution in [1.82, 2.24) is 20.3 Å². The van der Waals surface area contributed by atoms with Crippen molar-refractivity contribution < 1.29 is 4.74 Å². The van der Waals surface area contributed by atoms with E-state index in [1.807, 2.05) is 12.1 Å². The minimum Gasteiger partial charge on any atom is -0.465 e. The first-order valence-corrected chi connectivity index (χ1v) is 7.09. The second-order valence-electron chi connectivity index (χ2n) is 5.05. The summed E-state index contributed by atoms with van der Waals surface area (Å²) in [7, 11) is 0. The maximum absolute atomic E-state index is 5.65. The van der Waals surface area contributed by atoms with Crippen molar-refractivity contribution in [2.45, 2.75) is 38.1 Å². The summed E-state index contributed by atoms with van der Waals surface area (Å²) in [6, 6.07) is 5.09. The quantitative estimate of drug-likeness (QED) is 0.809. The van der Waals surface area contributed by atoms with Gasteiger partial charge in [0.15, 0.2) is 5.65 Å². The molecule has 2 aromatic heterocycles. The maximum Gasteiger partial charge on any atom is 0.296 e. The third kappa shape index (κ3) is 3.23. The number of hydrogen-bond donors (Lipinski definition) is 2. The van der Waals surface area contributed by atoms with Crippen molar-refractivity contribution in [3.8, 4) is 6.01 Å². The van der Waals surface area contributed by atoms with Crippen LogP contribution in [0.2, 0.25) is 0 Å². The summed E-state index contributed by atoms with van der Waals surface area (Å²) in [5.74, 6) is 0. The number of imidazole rings is 1. The second-order valence-corrected chi connectivity index (χ2v) is 5.05. The third-order valence-electron chi connectivity index (χ3n) is 3.58. The molecule has 0 amide bonds. The molecule has 1 aliphatic rings. The third-order valence-corrected chi connectivity index (χ3v) is 3.58. The van der Waals surface area contributed by atoms with E-state index in [2.05, 4.69) is 20.3 Å². The molecule has 1 aliphatic heterocycles. The smallest absolute Gasteiger partial charge is 0.296 e. The van der Waals surface area contributed by atoms with E-state index in [1.54, 1.807) is 6.20 Å². The van der Waals surface area contributed by atoms with Crippen molar-refractivity contribution >= 4 is 11.2 Å². The van der Waals surface area contributed by atoms with Crippen LogP contribution in [0.3, 0.4) is 0 Å². The number of piperidine rings is 1. The normalized spacial score (nSPS) is 19.7. The van der Waals surface area contributed by atoms with E-state index < -0.39 is 0 Å². The Balaban J connectivity index is 1.44. The number of aromatic nitrogens is 3. The van der Waals surface area contributed by atoms with Gasteiger partial charge >= 0.3 is 0 Å². The Hall–Kier alpha value is -1.62. The Morgan fingerprint density at radius 3 is 3.21 bits per heavy atom. The molecule has 5 nitrogen and oxygen atoms in total. The maximum atomic E-state index is 5.65. The Kier molecular flexibility index (Phi) is 3.93. The molecule has 1 atom stereocenters. The Labute approximate surface area is 112 Å². The number of nitrogens with one attached hydrogen (secondary N) is 2. The molecule has 1 unspecified atom stereocenters. The average molecular weight is 260 g/mol. The molecular formula is C14H20N4O. The summed E-state index contributed by atoms with van der Waals surface area (Å²) in [4.78, 5) is 11.6. The van der Waals surface area contributed by atoms with Crippen LogP contribution >= 0.6 is 0 Å². The summed E-state index contributed by atoms with van der Waals surface area (Å²) in [5.41, 5.74) is 1.64. The first-order chi connectivity index (χ1) is 9.42. The Bertz CT molecular complexity index is 486. The highest BCUT2D eigenvalue weighted by Crippen LogP contribution is 2.14. The van der Waals surface area contributed by atoms with E-state index in [9.17, 15) is 0 Å². The van der Waals surface area contributed by atoms with Crippen LogP contribution in [0.5, 0.6) is 6.01 Å². The van der Waals surface area contributed by atoms with Crippen LogP contribution in [-0.4, -0.2) is 34.1 Å². The highest BCUT2D eigenvalue weighted by Gasteiger charge is 2.12. The molecule has 2 N–H and O–H groups in total. The van der Waals surface area contributed by atoms with Gasteiger partial charge in [0, 0.05) is 12.2 Å². The summed E-state index contributed by atoms with van der Waals surface area (Å²) in [5, 5.41) is 3.55. The van der Waals surface area contributed by atoms with Gasteiger partial charge in [-0.3, -0.25) is 0 Å². The molecule has 0 aromatic carbocycles. The molecule has 0 spiro atoms. The predicted molar refractivity (Wildman–Crippen MR) is 74.3 cm³/mol. The van der Waals surface area contributed by atoms with Crippen LogP contribution in [0.15, 0.2) is 18.3 Å². The highest BCUT2D eigenvalue weighted by atomic mass is 16.5. The SMILES string of the molecule is c1cnc2nc(OCCCC3CCCCN3)[nH]c2c1. The molecule has 19 heavy (non-hydrogen) atoms. The van der Waals surface area contributed by atoms with Gasteiger partial charge in [-0.2, -0.15) is 4.98 Å². The fourth-order valence-electron chi connectivity index (χ4n) is 2.56. The summed E-state index contributed by atoms with van der Waals surface area (Å²) >= 11 is 0. The lowest BCUT2D eigenvalue weighted by molar-refractivity contribution is 0.270. The second kappa shape index (κ2) is 6.02. The molecule has 1 saturated heterocycles. The molecule has 0 bridgehead atoms. The van der Waals surface area contributed by atoms with Crippen LogP contribution in [0, 0.1) is 0 Å². The monoisotopic (exact) mass is 260 g/mol. The van der Waals surface area contributed by atoms with Gasteiger partial charge in [-0.05, 0) is 44.4 Å². The number of nitrogens with zero attached hydrogens (tertiary/aromatic N) is 2. The van der Waals surface area contributed by atoms with E-state index in [0.717, 1.165) is 11.9 Å². The Morgan fingerprint density at radius 2 is 2.37 bits per heavy atom. The Morgan fingerprint density at radius 1 is 1.37 bits per heavy atom. The van der Waals surface area contributed by atoms with Gasteiger partial charge in [0.2, 0.25) is 0 Å². The zero-order chi connectivity index (χ0) is 12.9. The molecule has 0 aliphatic carbocycles. The van der Waals surface area contributed by atoms with E-state index in [0.29, 0.717) is 24.3 Å². The van der Waals surface area contributed by atoms with Crippen LogP contribution in [0.1, 0.15) is 32.1 Å². The molecule has 3 rings (SSSR count). The number of rotatable bonds is 5. The average Bonchev–Trinajstić information content (AvgIpc) is 2.87. The van der Waals surface area contributed by atoms with Crippen LogP contribution in [0.25, 0.3) is 11.2 Å². The van der Waals surface area contributed by atoms with E-state index in [1.165, 1.54) is 32.2 Å². The van der Waals surface area contributed by atoms with Gasteiger partial charge in [0.1, 0.15) is 0 Å². The molecule has 3 heterocycles. The highest BCUT2D eigenvalue weighted by molar-refractivity contribution is 5.70. The number of aromatic amines is 1. The fraction of sp³-hybridized carbons (Fsp3) is 0.571. The van der Waals surface area contributed by atoms with Gasteiger partial charge in [-0.1, -0.05) is 6.42 Å². The number of ether oxygens (including phenoxy) is 1. The van der Waals surface area contributed by atoms with Crippen molar-refractivity contribution in [3.63, 3.8) is 0 Å². The minimum absolute atomic E-state index is 0.574. The number of H-pyrrole nitrogens is 1. The minimum atomic E-state index is 0.574. The lowest BCUT2D eigenvalue weighted by Gasteiger charge is -2.23. The fourth-order valence-corrected chi connectivity index (χ4v) is 2.56. The lowest BCUT2D eigenvalue weighted by Crippen LogP contribution is -2.34. The molecule has 5 heteroatoms. The number of fused-ring (bicyclic) bond motifs is 1. The first-order valence-electron chi connectivity index (χ1n) is 7.09. The van der Waals surface area contributed by atoms with Crippen LogP contribution < -0.4 is 10.1 Å². The predicted octanol–water partition coefficient (Wildman–Crippen LogP) is 2.26. The molecular weight excluding hydrogens is 240 g/mol. The van der Waals surface area contributed by atoms with Crippen molar-refractivity contribution in [2.75, 3.05) is 13.2 Å². The van der Waals surface area contributed by atoms with Gasteiger partial charge < -0.3 is 15.0 Å². The molecule has 0 radical (unpaired) electrons. The van der Waals surface area contributed by atoms with Crippen molar-refractivity contribution in [2.24, 2.45) is 0 Å². The van der Waals surface area contributed by atoms with Crippen molar-refractivity contribution in [1.29, 1.82) is 0 Å². The summed E-state index contributed by atoms with van der Waals surface area (Å²) in [6.07, 6.45) is 7.95. The summed E-state index contributed by atoms with van der Waals surface area (Å²) < 4.78 is 5.65. The number of hydrogen-bond acceptors (Lipinski definition) is 4. The number of pyridine rings is 1. The summed E-state index contributed by atoms with van der Waals surface area (Å²) in [6.45, 7) is 1.87. The van der Waals surface area contributed by atoms with Crippen LogP contribution in [0.4, 0.5) is 0 Å². The molecule has 0 saturated carbocycles. The van der Waals surface area contributed by atoms with Gasteiger partial charge in [0.25, 0.3) is 6.01 Å². The standard InChI is InChI=1S/C14H20N4O/c1-2-8-15-11(5-1)6-4-10-19-14-17-12-7-3-9-16-13(12)18-14/h3,7,9,11,15H,1-2,4-6,8,10H2,(H,16,17,18). The van der Waals surface area contributed by atoms with Gasteiger partial charge in [-0.25, -0.2) is 4.98 Å². The van der Waals surface area contributed by atoms with Gasteiger partial charge in [-0.15, -0.1) is 0 Å². The van der Waals surface area contributed by atoms with Crippen LogP contribution in [-0.2, 0) is 0 Å². The molecule has 102 valence electrons. The largest absolute Gasteiger partial charge is 0.465 e. The van der Waals surface area contributed by atoms with Crippen molar-refractivity contribution in [3.05, 3.63) is 18.3 Å². The molecule has 1 fully saturated rings. The topological polar surface area (TPSA) is 62.8 Å². The lowest BCUT2D eigenvalue weighted by atomic mass is 10.0.